The van der Waals surface area contributed by atoms with E-state index in [1.54, 1.807) is 0 Å². The summed E-state index contributed by atoms with van der Waals surface area (Å²) in [6.07, 6.45) is 1.35. The third kappa shape index (κ3) is 23.0. The molecule has 0 radical (unpaired) electrons. The Balaban J connectivity index is 1.94. The first-order chi connectivity index (χ1) is 24.0. The van der Waals surface area contributed by atoms with Crippen LogP contribution in [0.5, 0.6) is 5.75 Å². The predicted molar refractivity (Wildman–Crippen MR) is 181 cm³/mol. The van der Waals surface area contributed by atoms with Crippen LogP contribution in [0, 0.1) is 0 Å². The Bertz CT molecular complexity index is 1180. The van der Waals surface area contributed by atoms with E-state index in [-0.39, 0.29) is 112 Å². The number of carboxylic acid groups (broad SMARTS) is 2. The number of hydrogen-bond donors (Lipinski definition) is 7. The van der Waals surface area contributed by atoms with E-state index in [0.29, 0.717) is 25.8 Å². The fourth-order valence-corrected chi connectivity index (χ4v) is 4.14. The molecule has 18 nitrogen and oxygen atoms in total. The summed E-state index contributed by atoms with van der Waals surface area (Å²) < 4.78 is 33.2. The highest BCUT2D eigenvalue weighted by Gasteiger charge is 2.20. The second kappa shape index (κ2) is 28.2. The molecule has 0 heterocycles. The van der Waals surface area contributed by atoms with Crippen LogP contribution in [0.4, 0.5) is 4.48 Å². The number of aliphatic carboxylic acids is 1. The van der Waals surface area contributed by atoms with Crippen molar-refractivity contribution in [1.82, 2.24) is 27.0 Å². The lowest BCUT2D eigenvalue weighted by Gasteiger charge is -2.15. The van der Waals surface area contributed by atoms with Crippen molar-refractivity contribution in [3.8, 4) is 5.75 Å². The van der Waals surface area contributed by atoms with Crippen molar-refractivity contribution in [1.29, 1.82) is 0 Å². The maximum Gasteiger partial charge on any atom is 0.335 e. The highest BCUT2D eigenvalue weighted by atomic mass is 127. The van der Waals surface area contributed by atoms with Crippen LogP contribution >= 0.6 is 22.6 Å². The van der Waals surface area contributed by atoms with Gasteiger partial charge in [-0.3, -0.25) is 24.0 Å². The van der Waals surface area contributed by atoms with Gasteiger partial charge in [0.25, 0.3) is 0 Å². The van der Waals surface area contributed by atoms with Crippen LogP contribution in [0.2, 0.25) is 0 Å². The van der Waals surface area contributed by atoms with Gasteiger partial charge in [-0.25, -0.2) is 4.79 Å². The molecule has 0 saturated carbocycles. The number of aromatic carboxylic acids is 1. The molecule has 50 heavy (non-hydrogen) atoms. The summed E-state index contributed by atoms with van der Waals surface area (Å²) in [4.78, 5) is 74.2. The molecule has 2 atom stereocenters. The number of hydroxylamine groups is 1. The number of carboxylic acids is 2. The van der Waals surface area contributed by atoms with Gasteiger partial charge in [0.1, 0.15) is 31.0 Å². The first kappa shape index (κ1) is 44.5. The first-order valence-corrected chi connectivity index (χ1v) is 16.8. The summed E-state index contributed by atoms with van der Waals surface area (Å²) in [6.45, 7) is 1.63. The molecule has 1 aromatic carbocycles. The quantitative estimate of drug-likeness (QED) is 0.0170. The number of rotatable bonds is 31. The van der Waals surface area contributed by atoms with Crippen LogP contribution in [-0.2, 0) is 42.9 Å². The van der Waals surface area contributed by atoms with Crippen LogP contribution in [0.15, 0.2) is 24.3 Å². The lowest BCUT2D eigenvalue weighted by Crippen LogP contribution is -2.40. The number of amides is 3. The van der Waals surface area contributed by atoms with E-state index in [0.717, 1.165) is 0 Å². The SMILES string of the molecule is O=C(CC[C@H](NOc1ccc(C(=O)O)cc1)C(=O)O)NCCOCCOCC(=O)NCCOCCOCC(=O)NCCCC[C@H](NF)C(=O)I. The lowest BCUT2D eigenvalue weighted by molar-refractivity contribution is -0.142. The minimum absolute atomic E-state index is 0.0484. The number of carbonyl (C=O) groups excluding carboxylic acids is 4. The molecule has 0 unspecified atom stereocenters. The van der Waals surface area contributed by atoms with E-state index < -0.39 is 24.0 Å². The molecule has 0 aliphatic rings. The number of hydrogen-bond acceptors (Lipinski definition) is 13. The van der Waals surface area contributed by atoms with Crippen LogP contribution in [0.25, 0.3) is 0 Å². The predicted octanol–water partition coefficient (Wildman–Crippen LogP) is -0.109. The minimum atomic E-state index is -1.23. The van der Waals surface area contributed by atoms with E-state index in [2.05, 4.69) is 21.4 Å². The Labute approximate surface area is 301 Å². The normalized spacial score (nSPS) is 12.0. The average Bonchev–Trinajstić information content (AvgIpc) is 3.08. The molecular weight excluding hydrogens is 784 g/mol. The Morgan fingerprint density at radius 2 is 1.22 bits per heavy atom. The molecule has 0 aliphatic heterocycles. The zero-order chi connectivity index (χ0) is 37.0. The zero-order valence-electron chi connectivity index (χ0n) is 27.4. The molecule has 20 heteroatoms. The van der Waals surface area contributed by atoms with Crippen molar-refractivity contribution in [3.05, 3.63) is 29.8 Å². The van der Waals surface area contributed by atoms with Gasteiger partial charge in [0.15, 0.2) is 0 Å². The number of halogens is 2. The summed E-state index contributed by atoms with van der Waals surface area (Å²) in [5.41, 5.74) is 3.86. The molecule has 282 valence electrons. The topological polar surface area (TPSA) is 249 Å². The largest absolute Gasteiger partial charge is 0.480 e. The van der Waals surface area contributed by atoms with Gasteiger partial charge in [-0.05, 0) is 49.9 Å². The molecule has 1 rings (SSSR count). The van der Waals surface area contributed by atoms with Crippen molar-refractivity contribution in [3.63, 3.8) is 0 Å². The fourth-order valence-electron chi connectivity index (χ4n) is 3.71. The van der Waals surface area contributed by atoms with Crippen LogP contribution in [0.1, 0.15) is 42.5 Å². The second-order valence-corrected chi connectivity index (χ2v) is 11.4. The van der Waals surface area contributed by atoms with Crippen molar-refractivity contribution >= 4 is 56.0 Å². The van der Waals surface area contributed by atoms with E-state index in [1.807, 2.05) is 0 Å². The molecular formula is C30H45FIN5O13. The van der Waals surface area contributed by atoms with Crippen LogP contribution < -0.4 is 31.8 Å². The Morgan fingerprint density at radius 1 is 0.680 bits per heavy atom. The number of carbonyl (C=O) groups is 6. The Morgan fingerprint density at radius 3 is 1.74 bits per heavy atom. The molecule has 0 bridgehead atoms. The third-order valence-corrected chi connectivity index (χ3v) is 7.13. The summed E-state index contributed by atoms with van der Waals surface area (Å²) in [6, 6.07) is 3.33. The molecule has 0 aliphatic carbocycles. The lowest BCUT2D eigenvalue weighted by atomic mass is 10.1. The molecule has 0 saturated heterocycles. The smallest absolute Gasteiger partial charge is 0.335 e. The second-order valence-electron chi connectivity index (χ2n) is 10.3. The zero-order valence-corrected chi connectivity index (χ0v) is 29.6. The average molecular weight is 830 g/mol. The van der Waals surface area contributed by atoms with Crippen molar-refractivity contribution < 1.29 is 67.2 Å². The highest BCUT2D eigenvalue weighted by Crippen LogP contribution is 2.12. The number of nitrogens with one attached hydrogen (secondary N) is 5. The first-order valence-electron chi connectivity index (χ1n) is 15.7. The van der Waals surface area contributed by atoms with Gasteiger partial charge in [-0.2, -0.15) is 0 Å². The fraction of sp³-hybridized carbons (Fsp3) is 0.600. The summed E-state index contributed by atoms with van der Waals surface area (Å²) in [7, 11) is 0. The maximum atomic E-state index is 12.4. The van der Waals surface area contributed by atoms with Gasteiger partial charge in [0.2, 0.25) is 21.5 Å². The van der Waals surface area contributed by atoms with Gasteiger partial charge in [-0.15, -0.1) is 15.5 Å². The minimum Gasteiger partial charge on any atom is -0.480 e. The number of unbranched alkanes of at least 4 members (excludes halogenated alkanes) is 1. The summed E-state index contributed by atoms with van der Waals surface area (Å²) in [5, 5.41) is 26.1. The monoisotopic (exact) mass is 829 g/mol. The van der Waals surface area contributed by atoms with Gasteiger partial charge < -0.3 is 49.9 Å². The van der Waals surface area contributed by atoms with Gasteiger partial charge in [0, 0.05) is 48.6 Å². The molecule has 0 spiro atoms. The molecule has 7 N–H and O–H groups in total. The maximum absolute atomic E-state index is 12.4. The Hall–Kier alpha value is -3.54. The van der Waals surface area contributed by atoms with Crippen LogP contribution in [0.3, 0.4) is 0 Å². The Kier molecular flexibility index (Phi) is 25.1. The van der Waals surface area contributed by atoms with Crippen molar-refractivity contribution in [2.75, 3.05) is 72.5 Å². The van der Waals surface area contributed by atoms with Crippen LogP contribution in [-0.4, -0.2) is 128 Å². The molecule has 0 aromatic heterocycles. The van der Waals surface area contributed by atoms with E-state index in [1.165, 1.54) is 52.4 Å². The molecule has 0 fully saturated rings. The van der Waals surface area contributed by atoms with E-state index in [4.69, 9.17) is 28.9 Å². The van der Waals surface area contributed by atoms with E-state index in [9.17, 15) is 38.4 Å². The number of benzene rings is 1. The standard InChI is InChI=1S/C30H45FIN5O13/c31-36-23(28(32)41)3-1-2-10-33-26(39)19-48-17-16-47-14-12-35-27(40)20-49-18-15-46-13-11-34-25(38)9-8-24(30(44)45)37-50-22-6-4-21(5-7-22)29(42)43/h4-7,23-24,36-37H,1-3,8-20H2,(H,33,39)(H,34,38)(H,35,40)(H,42,43)(H,44,45)/t23-,24-/m0/s1. The highest BCUT2D eigenvalue weighted by molar-refractivity contribution is 14.1. The molecule has 3 amide bonds. The molecule has 1 aromatic rings. The summed E-state index contributed by atoms with van der Waals surface area (Å²) in [5.74, 6) is -3.16. The van der Waals surface area contributed by atoms with Gasteiger partial charge in [0.05, 0.1) is 45.2 Å². The van der Waals surface area contributed by atoms with Crippen molar-refractivity contribution in [2.24, 2.45) is 0 Å². The number of ether oxygens (including phenoxy) is 4. The van der Waals surface area contributed by atoms with Gasteiger partial charge >= 0.3 is 11.9 Å². The third-order valence-electron chi connectivity index (χ3n) is 6.37. The van der Waals surface area contributed by atoms with Gasteiger partial charge in [-0.1, -0.05) is 0 Å². The van der Waals surface area contributed by atoms with E-state index >= 15 is 0 Å². The summed E-state index contributed by atoms with van der Waals surface area (Å²) >= 11 is 1.53. The van der Waals surface area contributed by atoms with Crippen molar-refractivity contribution in [2.45, 2.75) is 44.2 Å².